The van der Waals surface area contributed by atoms with Gasteiger partial charge in [-0.1, -0.05) is 72.0 Å². The second-order valence-electron chi connectivity index (χ2n) is 7.61. The van der Waals surface area contributed by atoms with Crippen LogP contribution in [-0.4, -0.2) is 37.9 Å². The fourth-order valence-corrected chi connectivity index (χ4v) is 5.00. The van der Waals surface area contributed by atoms with Crippen LogP contribution in [0.4, 0.5) is 0 Å². The normalized spacial score (nSPS) is 11.8. The maximum atomic E-state index is 13.7. The zero-order valence-electron chi connectivity index (χ0n) is 19.6. The molecule has 176 valence electrons. The first-order chi connectivity index (χ1) is 16.7. The van der Waals surface area contributed by atoms with E-state index in [1.807, 2.05) is 84.3 Å². The van der Waals surface area contributed by atoms with Crippen molar-refractivity contribution >= 4 is 27.5 Å². The van der Waals surface area contributed by atoms with Crippen molar-refractivity contribution in [3.63, 3.8) is 0 Å². The molecule has 1 aromatic heterocycles. The first-order valence-electron chi connectivity index (χ1n) is 11.2. The molecular formula is C27H28N2O4S. The highest BCUT2D eigenvalue weighted by Gasteiger charge is 2.23. The van der Waals surface area contributed by atoms with Gasteiger partial charge in [-0.15, -0.1) is 0 Å². The molecule has 7 heteroatoms. The molecule has 0 bridgehead atoms. The van der Waals surface area contributed by atoms with Crippen molar-refractivity contribution < 1.29 is 19.0 Å². The van der Waals surface area contributed by atoms with E-state index >= 15 is 0 Å². The summed E-state index contributed by atoms with van der Waals surface area (Å²) in [4.78, 5) is 18.9. The van der Waals surface area contributed by atoms with Crippen LogP contribution in [0, 0.1) is 0 Å². The van der Waals surface area contributed by atoms with Crippen molar-refractivity contribution in [3.8, 4) is 11.5 Å². The van der Waals surface area contributed by atoms with Crippen LogP contribution in [-0.2, 0) is 16.1 Å². The molecule has 0 fully saturated rings. The average Bonchev–Trinajstić information content (AvgIpc) is 3.20. The van der Waals surface area contributed by atoms with Gasteiger partial charge < -0.3 is 18.8 Å². The molecule has 4 aromatic rings. The highest BCUT2D eigenvalue weighted by molar-refractivity contribution is 7.16. The molecule has 4 rings (SSSR count). The van der Waals surface area contributed by atoms with Crippen LogP contribution in [0.25, 0.3) is 10.2 Å². The van der Waals surface area contributed by atoms with Gasteiger partial charge >= 0.3 is 0 Å². The lowest BCUT2D eigenvalue weighted by Crippen LogP contribution is -2.22. The van der Waals surface area contributed by atoms with Gasteiger partial charge in [0.25, 0.3) is 5.91 Å². The molecule has 0 aliphatic rings. The smallest absolute Gasteiger partial charge is 0.260 e. The standard InChI is InChI=1S/C27H28N2O4S/c1-4-33-16-15-29-21-17-22(31-2)23(32-3)18-24(21)34-27(29)28-26(30)25(19-11-7-5-8-12-19)20-13-9-6-10-14-20/h5-14,17-18,25H,4,15-16H2,1-3H3. The van der Waals surface area contributed by atoms with Crippen molar-refractivity contribution in [1.82, 2.24) is 4.57 Å². The van der Waals surface area contributed by atoms with Gasteiger partial charge in [0.15, 0.2) is 16.3 Å². The van der Waals surface area contributed by atoms with Gasteiger partial charge in [0.1, 0.15) is 0 Å². The first kappa shape index (κ1) is 23.7. The minimum absolute atomic E-state index is 0.215. The molecule has 34 heavy (non-hydrogen) atoms. The monoisotopic (exact) mass is 476 g/mol. The Hall–Kier alpha value is -3.42. The van der Waals surface area contributed by atoms with E-state index in [-0.39, 0.29) is 5.91 Å². The van der Waals surface area contributed by atoms with Gasteiger partial charge in [0, 0.05) is 25.3 Å². The van der Waals surface area contributed by atoms with E-state index in [0.29, 0.717) is 36.1 Å². The van der Waals surface area contributed by atoms with Crippen LogP contribution in [0.3, 0.4) is 0 Å². The summed E-state index contributed by atoms with van der Waals surface area (Å²) in [7, 11) is 3.22. The Morgan fingerprint density at radius 3 is 2.09 bits per heavy atom. The summed E-state index contributed by atoms with van der Waals surface area (Å²) in [5.74, 6) is 0.560. The van der Waals surface area contributed by atoms with Crippen LogP contribution in [0.2, 0.25) is 0 Å². The highest BCUT2D eigenvalue weighted by Crippen LogP contribution is 2.33. The number of carbonyl (C=O) groups excluding carboxylic acids is 1. The lowest BCUT2D eigenvalue weighted by atomic mass is 9.91. The third-order valence-electron chi connectivity index (χ3n) is 5.57. The zero-order valence-corrected chi connectivity index (χ0v) is 20.4. The van der Waals surface area contributed by atoms with Crippen LogP contribution < -0.4 is 14.3 Å². The molecule has 0 saturated carbocycles. The highest BCUT2D eigenvalue weighted by atomic mass is 32.1. The van der Waals surface area contributed by atoms with Crippen molar-refractivity contribution in [2.45, 2.75) is 19.4 Å². The number of benzene rings is 3. The topological polar surface area (TPSA) is 62.1 Å². The number of aromatic nitrogens is 1. The predicted molar refractivity (Wildman–Crippen MR) is 135 cm³/mol. The lowest BCUT2D eigenvalue weighted by Gasteiger charge is -2.14. The van der Waals surface area contributed by atoms with E-state index in [9.17, 15) is 4.79 Å². The van der Waals surface area contributed by atoms with E-state index in [4.69, 9.17) is 14.2 Å². The molecule has 0 saturated heterocycles. The molecular weight excluding hydrogens is 448 g/mol. The van der Waals surface area contributed by atoms with Crippen LogP contribution in [0.5, 0.6) is 11.5 Å². The first-order valence-corrected chi connectivity index (χ1v) is 12.0. The van der Waals surface area contributed by atoms with Gasteiger partial charge in [0.2, 0.25) is 0 Å². The Labute approximate surface area is 203 Å². The quantitative estimate of drug-likeness (QED) is 0.319. The number of amides is 1. The zero-order chi connectivity index (χ0) is 23.9. The summed E-state index contributed by atoms with van der Waals surface area (Å²) < 4.78 is 19.6. The number of thiazole rings is 1. The molecule has 0 aliphatic carbocycles. The minimum atomic E-state index is -0.489. The maximum Gasteiger partial charge on any atom is 0.260 e. The number of ether oxygens (including phenoxy) is 3. The molecule has 1 heterocycles. The molecule has 0 unspecified atom stereocenters. The summed E-state index contributed by atoms with van der Waals surface area (Å²) >= 11 is 1.45. The molecule has 0 atom stereocenters. The Bertz CT molecular complexity index is 1270. The number of nitrogens with zero attached hydrogens (tertiary/aromatic N) is 2. The van der Waals surface area contributed by atoms with Crippen LogP contribution >= 0.6 is 11.3 Å². The minimum Gasteiger partial charge on any atom is -0.493 e. The molecule has 0 N–H and O–H groups in total. The van der Waals surface area contributed by atoms with Crippen molar-refractivity contribution in [1.29, 1.82) is 0 Å². The maximum absolute atomic E-state index is 13.7. The predicted octanol–water partition coefficient (Wildman–Crippen LogP) is 5.02. The fraction of sp³-hybridized carbons (Fsp3) is 0.259. The summed E-state index contributed by atoms with van der Waals surface area (Å²) in [5, 5.41) is 0. The van der Waals surface area contributed by atoms with E-state index in [2.05, 4.69) is 4.99 Å². The molecule has 1 amide bonds. The van der Waals surface area contributed by atoms with Gasteiger partial charge in [-0.25, -0.2) is 0 Å². The van der Waals surface area contributed by atoms with E-state index in [1.165, 1.54) is 11.3 Å². The average molecular weight is 477 g/mol. The second kappa shape index (κ2) is 11.1. The molecule has 0 spiro atoms. The molecule has 0 radical (unpaired) electrons. The lowest BCUT2D eigenvalue weighted by molar-refractivity contribution is -0.118. The third kappa shape index (κ3) is 5.05. The SMILES string of the molecule is CCOCCn1c(=NC(=O)C(c2ccccc2)c2ccccc2)sc2cc(OC)c(OC)cc21. The Kier molecular flexibility index (Phi) is 7.77. The van der Waals surface area contributed by atoms with Gasteiger partial charge in [-0.05, 0) is 18.1 Å². The Morgan fingerprint density at radius 1 is 0.941 bits per heavy atom. The third-order valence-corrected chi connectivity index (χ3v) is 6.61. The van der Waals surface area contributed by atoms with Gasteiger partial charge in [0.05, 0.1) is 37.0 Å². The molecule has 0 aliphatic heterocycles. The van der Waals surface area contributed by atoms with Crippen LogP contribution in [0.1, 0.15) is 24.0 Å². The van der Waals surface area contributed by atoms with Crippen molar-refractivity contribution in [3.05, 3.63) is 88.7 Å². The summed E-state index contributed by atoms with van der Waals surface area (Å²) in [6, 6.07) is 23.4. The Balaban J connectivity index is 1.85. The largest absolute Gasteiger partial charge is 0.493 e. The number of methoxy groups -OCH3 is 2. The number of fused-ring (bicyclic) bond motifs is 1. The van der Waals surface area contributed by atoms with Crippen LogP contribution in [0.15, 0.2) is 77.8 Å². The Morgan fingerprint density at radius 2 is 1.53 bits per heavy atom. The fourth-order valence-electron chi connectivity index (χ4n) is 3.93. The number of rotatable bonds is 9. The number of carbonyl (C=O) groups is 1. The van der Waals surface area contributed by atoms with E-state index in [0.717, 1.165) is 21.3 Å². The summed E-state index contributed by atoms with van der Waals surface area (Å²) in [6.45, 7) is 3.66. The molecule has 6 nitrogen and oxygen atoms in total. The van der Waals surface area contributed by atoms with E-state index < -0.39 is 5.92 Å². The molecule has 3 aromatic carbocycles. The van der Waals surface area contributed by atoms with Crippen molar-refractivity contribution in [2.75, 3.05) is 27.4 Å². The van der Waals surface area contributed by atoms with Gasteiger partial charge in [-0.2, -0.15) is 4.99 Å². The number of hydrogen-bond donors (Lipinski definition) is 0. The summed E-state index contributed by atoms with van der Waals surface area (Å²) in [5.41, 5.74) is 2.74. The van der Waals surface area contributed by atoms with Gasteiger partial charge in [-0.3, -0.25) is 4.79 Å². The summed E-state index contributed by atoms with van der Waals surface area (Å²) in [6.07, 6.45) is 0. The van der Waals surface area contributed by atoms with E-state index in [1.54, 1.807) is 14.2 Å². The number of hydrogen-bond acceptors (Lipinski definition) is 5. The van der Waals surface area contributed by atoms with Crippen molar-refractivity contribution in [2.24, 2.45) is 4.99 Å². The second-order valence-corrected chi connectivity index (χ2v) is 8.62.